The molecule has 6 nitrogen and oxygen atoms in total. The Morgan fingerprint density at radius 2 is 2.04 bits per heavy atom. The van der Waals surface area contributed by atoms with Gasteiger partial charge in [0.2, 0.25) is 10.0 Å². The smallest absolute Gasteiger partial charge is 0.321 e. The van der Waals surface area contributed by atoms with Crippen molar-refractivity contribution < 1.29 is 22.4 Å². The minimum Gasteiger partial charge on any atom is -0.468 e. The lowest BCUT2D eigenvalue weighted by Crippen LogP contribution is -2.36. The van der Waals surface area contributed by atoms with Gasteiger partial charge >= 0.3 is 5.97 Å². The first-order valence-electron chi connectivity index (χ1n) is 6.97. The van der Waals surface area contributed by atoms with Crippen LogP contribution in [0, 0.1) is 0 Å². The Labute approximate surface area is 150 Å². The topological polar surface area (TPSA) is 76.8 Å². The van der Waals surface area contributed by atoms with Gasteiger partial charge in [0, 0.05) is 5.02 Å². The minimum absolute atomic E-state index is 0.00713. The monoisotopic (exact) mass is 391 g/mol. The summed E-state index contributed by atoms with van der Waals surface area (Å²) in [7, 11) is -4.09. The SMILES string of the molecule is CCOC(=O)CN(Cc1ccco1)S(=O)(=O)c1cc(Cl)ccc1Cl. The summed E-state index contributed by atoms with van der Waals surface area (Å²) in [6.45, 7) is 1.17. The molecule has 1 aromatic heterocycles. The zero-order valence-corrected chi connectivity index (χ0v) is 15.1. The van der Waals surface area contributed by atoms with Crippen LogP contribution in [0.2, 0.25) is 10.0 Å². The molecule has 0 fully saturated rings. The van der Waals surface area contributed by atoms with E-state index in [1.807, 2.05) is 0 Å². The Bertz CT molecular complexity index is 805. The summed E-state index contributed by atoms with van der Waals surface area (Å²) in [5.41, 5.74) is 0. The van der Waals surface area contributed by atoms with Crippen LogP contribution in [-0.2, 0) is 26.1 Å². The molecule has 2 aromatic rings. The Balaban J connectivity index is 2.39. The first-order valence-corrected chi connectivity index (χ1v) is 9.17. The summed E-state index contributed by atoms with van der Waals surface area (Å²) in [5.74, 6) is -0.299. The molecule has 130 valence electrons. The molecule has 0 aliphatic rings. The standard InChI is InChI=1S/C15H15Cl2NO5S/c1-2-22-15(19)10-18(9-12-4-3-7-23-12)24(20,21)14-8-11(16)5-6-13(14)17/h3-8H,2,9-10H2,1H3. The fourth-order valence-corrected chi connectivity index (χ4v) is 4.05. The molecule has 24 heavy (non-hydrogen) atoms. The molecule has 0 N–H and O–H groups in total. The maximum absolute atomic E-state index is 12.9. The summed E-state index contributed by atoms with van der Waals surface area (Å²) in [4.78, 5) is 11.6. The number of esters is 1. The van der Waals surface area contributed by atoms with Crippen molar-refractivity contribution in [3.8, 4) is 0 Å². The number of carbonyl (C=O) groups excluding carboxylic acids is 1. The van der Waals surface area contributed by atoms with E-state index in [0.29, 0.717) is 5.76 Å². The third kappa shape index (κ3) is 4.51. The van der Waals surface area contributed by atoms with E-state index < -0.39 is 22.5 Å². The van der Waals surface area contributed by atoms with Gasteiger partial charge in [-0.25, -0.2) is 8.42 Å². The zero-order chi connectivity index (χ0) is 17.7. The average molecular weight is 392 g/mol. The van der Waals surface area contributed by atoms with Crippen LogP contribution in [0.25, 0.3) is 0 Å². The number of ether oxygens (including phenoxy) is 1. The van der Waals surface area contributed by atoms with Gasteiger partial charge in [0.05, 0.1) is 24.4 Å². The molecule has 0 radical (unpaired) electrons. The number of hydrogen-bond donors (Lipinski definition) is 0. The lowest BCUT2D eigenvalue weighted by Gasteiger charge is -2.21. The number of halogens is 2. The fraction of sp³-hybridized carbons (Fsp3) is 0.267. The van der Waals surface area contributed by atoms with Crippen molar-refractivity contribution in [2.75, 3.05) is 13.2 Å². The van der Waals surface area contributed by atoms with Crippen LogP contribution in [0.3, 0.4) is 0 Å². The maximum atomic E-state index is 12.9. The van der Waals surface area contributed by atoms with Crippen LogP contribution in [0.5, 0.6) is 0 Å². The molecule has 2 rings (SSSR count). The van der Waals surface area contributed by atoms with Crippen LogP contribution in [0.15, 0.2) is 45.9 Å². The predicted molar refractivity (Wildman–Crippen MR) is 89.4 cm³/mol. The van der Waals surface area contributed by atoms with Crippen molar-refractivity contribution in [2.24, 2.45) is 0 Å². The van der Waals surface area contributed by atoms with Crippen LogP contribution in [0.1, 0.15) is 12.7 Å². The molecule has 0 bridgehead atoms. The molecule has 0 amide bonds. The molecule has 0 aliphatic heterocycles. The number of hydrogen-bond acceptors (Lipinski definition) is 5. The second kappa shape index (κ2) is 8.02. The number of rotatable bonds is 7. The highest BCUT2D eigenvalue weighted by atomic mass is 35.5. The number of furan rings is 1. The van der Waals surface area contributed by atoms with Gasteiger partial charge in [-0.2, -0.15) is 4.31 Å². The lowest BCUT2D eigenvalue weighted by molar-refractivity contribution is -0.143. The van der Waals surface area contributed by atoms with Gasteiger partial charge in [-0.05, 0) is 37.3 Å². The summed E-state index contributed by atoms with van der Waals surface area (Å²) in [6, 6.07) is 7.32. The molecule has 0 aliphatic carbocycles. The second-order valence-corrected chi connectivity index (χ2v) is 7.48. The largest absolute Gasteiger partial charge is 0.468 e. The zero-order valence-electron chi connectivity index (χ0n) is 12.7. The van der Waals surface area contributed by atoms with Gasteiger partial charge in [-0.3, -0.25) is 4.79 Å². The third-order valence-corrected chi connectivity index (χ3v) is 5.54. The molecule has 1 aromatic carbocycles. The van der Waals surface area contributed by atoms with Crippen molar-refractivity contribution in [1.29, 1.82) is 0 Å². The van der Waals surface area contributed by atoms with Crippen molar-refractivity contribution in [3.63, 3.8) is 0 Å². The molecule has 0 unspecified atom stereocenters. The summed E-state index contributed by atoms with van der Waals surface area (Å²) in [5, 5.41) is 0.222. The second-order valence-electron chi connectivity index (χ2n) is 4.73. The molecule has 1 heterocycles. The van der Waals surface area contributed by atoms with Crippen LogP contribution in [0.4, 0.5) is 0 Å². The van der Waals surface area contributed by atoms with Gasteiger partial charge < -0.3 is 9.15 Å². The van der Waals surface area contributed by atoms with Crippen LogP contribution >= 0.6 is 23.2 Å². The minimum atomic E-state index is -4.09. The Morgan fingerprint density at radius 3 is 2.67 bits per heavy atom. The molecule has 0 atom stereocenters. The number of benzene rings is 1. The fourth-order valence-electron chi connectivity index (χ4n) is 1.97. The summed E-state index contributed by atoms with van der Waals surface area (Å²) in [6.07, 6.45) is 1.41. The van der Waals surface area contributed by atoms with E-state index in [1.165, 1.54) is 24.5 Å². The quantitative estimate of drug-likeness (QED) is 0.676. The lowest BCUT2D eigenvalue weighted by atomic mass is 10.4. The average Bonchev–Trinajstić information content (AvgIpc) is 3.02. The normalized spacial score (nSPS) is 11.7. The van der Waals surface area contributed by atoms with Crippen molar-refractivity contribution in [1.82, 2.24) is 4.31 Å². The van der Waals surface area contributed by atoms with Gasteiger partial charge in [-0.1, -0.05) is 23.2 Å². The molecule has 0 saturated carbocycles. The van der Waals surface area contributed by atoms with Crippen LogP contribution < -0.4 is 0 Å². The van der Waals surface area contributed by atoms with E-state index >= 15 is 0 Å². The first-order chi connectivity index (χ1) is 11.3. The number of sulfonamides is 1. The summed E-state index contributed by atoms with van der Waals surface area (Å²) >= 11 is 11.9. The van der Waals surface area contributed by atoms with E-state index in [-0.39, 0.29) is 28.1 Å². The van der Waals surface area contributed by atoms with E-state index in [4.69, 9.17) is 32.4 Å². The first kappa shape index (κ1) is 18.8. The van der Waals surface area contributed by atoms with Crippen molar-refractivity contribution >= 4 is 39.2 Å². The van der Waals surface area contributed by atoms with E-state index in [0.717, 1.165) is 4.31 Å². The Hall–Kier alpha value is -1.54. The van der Waals surface area contributed by atoms with E-state index in [1.54, 1.807) is 19.1 Å². The number of carbonyl (C=O) groups is 1. The van der Waals surface area contributed by atoms with Gasteiger partial charge in [0.25, 0.3) is 0 Å². The highest BCUT2D eigenvalue weighted by molar-refractivity contribution is 7.89. The highest BCUT2D eigenvalue weighted by Gasteiger charge is 2.30. The van der Waals surface area contributed by atoms with Crippen molar-refractivity contribution in [3.05, 3.63) is 52.4 Å². The molecule has 9 heteroatoms. The van der Waals surface area contributed by atoms with Crippen LogP contribution in [-0.4, -0.2) is 31.8 Å². The van der Waals surface area contributed by atoms with E-state index in [2.05, 4.69) is 0 Å². The molecule has 0 saturated heterocycles. The van der Waals surface area contributed by atoms with E-state index in [9.17, 15) is 13.2 Å². The predicted octanol–water partition coefficient (Wildman–Crippen LogP) is 3.34. The highest BCUT2D eigenvalue weighted by Crippen LogP contribution is 2.28. The van der Waals surface area contributed by atoms with Gasteiger partial charge in [-0.15, -0.1) is 0 Å². The Kier molecular flexibility index (Phi) is 6.28. The maximum Gasteiger partial charge on any atom is 0.321 e. The summed E-state index contributed by atoms with van der Waals surface area (Å²) < 4.78 is 36.8. The van der Waals surface area contributed by atoms with Gasteiger partial charge in [0.15, 0.2) is 0 Å². The molecular formula is C15H15Cl2NO5S. The Morgan fingerprint density at radius 1 is 1.29 bits per heavy atom. The third-order valence-electron chi connectivity index (χ3n) is 3.03. The van der Waals surface area contributed by atoms with Crippen molar-refractivity contribution in [2.45, 2.75) is 18.4 Å². The molecular weight excluding hydrogens is 377 g/mol. The molecule has 0 spiro atoms. The number of nitrogens with zero attached hydrogens (tertiary/aromatic N) is 1. The van der Waals surface area contributed by atoms with Gasteiger partial charge in [0.1, 0.15) is 17.2 Å².